The van der Waals surface area contributed by atoms with Gasteiger partial charge in [-0.2, -0.15) is 0 Å². The third-order valence-corrected chi connectivity index (χ3v) is 6.93. The molecule has 0 N–H and O–H groups in total. The van der Waals surface area contributed by atoms with E-state index in [1.54, 1.807) is 0 Å². The summed E-state index contributed by atoms with van der Waals surface area (Å²) in [6.45, 7) is 0. The summed E-state index contributed by atoms with van der Waals surface area (Å²) in [5, 5.41) is 4.19. The normalized spacial score (nSPS) is 10.3. The van der Waals surface area contributed by atoms with Crippen molar-refractivity contribution in [3.63, 3.8) is 0 Å². The lowest BCUT2D eigenvalue weighted by molar-refractivity contribution is 0.111. The van der Waals surface area contributed by atoms with Gasteiger partial charge >= 0.3 is 0 Å². The van der Waals surface area contributed by atoms with Gasteiger partial charge in [-0.05, 0) is 92.0 Å². The van der Waals surface area contributed by atoms with Crippen LogP contribution < -0.4 is 0 Å². The van der Waals surface area contributed by atoms with Gasteiger partial charge in [0, 0.05) is 22.3 Å². The number of rotatable bonds is 4. The molecular formula is C38H22O2. The molecule has 0 saturated heterocycles. The fraction of sp³-hybridized carbons (Fsp3) is 0. The van der Waals surface area contributed by atoms with Crippen molar-refractivity contribution in [2.24, 2.45) is 0 Å². The smallest absolute Gasteiger partial charge is 0.150 e. The third kappa shape index (κ3) is 5.03. The van der Waals surface area contributed by atoms with Crippen LogP contribution in [-0.4, -0.2) is 12.6 Å². The minimum Gasteiger partial charge on any atom is -0.298 e. The van der Waals surface area contributed by atoms with Crippen molar-refractivity contribution < 1.29 is 9.59 Å². The summed E-state index contributed by atoms with van der Waals surface area (Å²) >= 11 is 0. The lowest BCUT2D eigenvalue weighted by Crippen LogP contribution is -1.86. The standard InChI is InChI=1S/C38H22O2/c39-25-27-13-15-29-17-19-33(23-35(29)21-27)37-11-5-3-9-31(37)7-1-2-8-32-10-4-6-12-38(32)34-20-18-30-16-14-28(26-40)22-36(30)24-34/h3-6,9-26H. The van der Waals surface area contributed by atoms with Gasteiger partial charge < -0.3 is 0 Å². The van der Waals surface area contributed by atoms with Gasteiger partial charge in [-0.15, -0.1) is 0 Å². The molecule has 0 radical (unpaired) electrons. The van der Waals surface area contributed by atoms with E-state index in [1.165, 1.54) is 0 Å². The molecular weight excluding hydrogens is 488 g/mol. The zero-order valence-corrected chi connectivity index (χ0v) is 21.5. The monoisotopic (exact) mass is 510 g/mol. The molecule has 0 aliphatic rings. The van der Waals surface area contributed by atoms with E-state index in [-0.39, 0.29) is 0 Å². The van der Waals surface area contributed by atoms with Gasteiger partial charge in [0.1, 0.15) is 12.6 Å². The van der Waals surface area contributed by atoms with Crippen LogP contribution in [0.5, 0.6) is 0 Å². The first-order chi connectivity index (χ1) is 19.7. The van der Waals surface area contributed by atoms with Crippen molar-refractivity contribution in [1.29, 1.82) is 0 Å². The molecule has 0 unspecified atom stereocenters. The Morgan fingerprint density at radius 3 is 1.30 bits per heavy atom. The number of carbonyl (C=O) groups excluding carboxylic acids is 2. The molecule has 0 amide bonds. The van der Waals surface area contributed by atoms with Crippen molar-refractivity contribution in [3.8, 4) is 45.9 Å². The molecule has 0 bridgehead atoms. The number of hydrogen-bond donors (Lipinski definition) is 0. The predicted molar refractivity (Wildman–Crippen MR) is 163 cm³/mol. The molecule has 2 heteroatoms. The molecule has 186 valence electrons. The molecule has 0 saturated carbocycles. The number of aldehydes is 2. The Morgan fingerprint density at radius 1 is 0.425 bits per heavy atom. The lowest BCUT2D eigenvalue weighted by atomic mass is 9.96. The summed E-state index contributed by atoms with van der Waals surface area (Å²) in [6, 6.07) is 39.9. The van der Waals surface area contributed by atoms with Crippen molar-refractivity contribution in [2.45, 2.75) is 0 Å². The summed E-state index contributed by atoms with van der Waals surface area (Å²) in [6.07, 6.45) is 1.73. The van der Waals surface area contributed by atoms with Gasteiger partial charge in [-0.1, -0.05) is 96.8 Å². The van der Waals surface area contributed by atoms with Crippen LogP contribution in [0.4, 0.5) is 0 Å². The molecule has 2 nitrogen and oxygen atoms in total. The van der Waals surface area contributed by atoms with Crippen LogP contribution in [-0.2, 0) is 0 Å². The van der Waals surface area contributed by atoms with E-state index >= 15 is 0 Å². The first-order valence-corrected chi connectivity index (χ1v) is 12.9. The zero-order chi connectivity index (χ0) is 27.3. The predicted octanol–water partition coefficient (Wildman–Crippen LogP) is 8.36. The van der Waals surface area contributed by atoms with Gasteiger partial charge in [-0.25, -0.2) is 0 Å². The van der Waals surface area contributed by atoms with Crippen LogP contribution in [0.2, 0.25) is 0 Å². The second kappa shape index (κ2) is 11.0. The number of hydrogen-bond acceptors (Lipinski definition) is 2. The number of benzene rings is 6. The number of fused-ring (bicyclic) bond motifs is 2. The summed E-state index contributed by atoms with van der Waals surface area (Å²) in [7, 11) is 0. The summed E-state index contributed by atoms with van der Waals surface area (Å²) in [5.74, 6) is 12.6. The SMILES string of the molecule is O=Cc1ccc2ccc(-c3ccccc3C#CC#Cc3ccccc3-c3ccc4ccc(C=O)cc4c3)cc2c1. The molecule has 6 aromatic rings. The second-order valence-electron chi connectivity index (χ2n) is 9.47. The van der Waals surface area contributed by atoms with Gasteiger partial charge in [-0.3, -0.25) is 9.59 Å². The van der Waals surface area contributed by atoms with Gasteiger partial charge in [0.2, 0.25) is 0 Å². The summed E-state index contributed by atoms with van der Waals surface area (Å²) < 4.78 is 0. The highest BCUT2D eigenvalue weighted by Gasteiger charge is 2.06. The van der Waals surface area contributed by atoms with Gasteiger partial charge in [0.05, 0.1) is 0 Å². The van der Waals surface area contributed by atoms with E-state index in [9.17, 15) is 9.59 Å². The van der Waals surface area contributed by atoms with Crippen LogP contribution in [0.1, 0.15) is 31.8 Å². The van der Waals surface area contributed by atoms with Gasteiger partial charge in [0.25, 0.3) is 0 Å². The molecule has 0 aliphatic carbocycles. The lowest BCUT2D eigenvalue weighted by Gasteiger charge is -2.07. The average molecular weight is 511 g/mol. The highest BCUT2D eigenvalue weighted by atomic mass is 16.1. The van der Waals surface area contributed by atoms with E-state index in [0.717, 1.165) is 67.5 Å². The van der Waals surface area contributed by atoms with E-state index in [0.29, 0.717) is 11.1 Å². The largest absolute Gasteiger partial charge is 0.298 e. The first-order valence-electron chi connectivity index (χ1n) is 12.9. The first kappa shape index (κ1) is 24.6. The fourth-order valence-electron chi connectivity index (χ4n) is 4.90. The molecule has 6 rings (SSSR count). The van der Waals surface area contributed by atoms with Crippen LogP contribution in [0.3, 0.4) is 0 Å². The van der Waals surface area contributed by atoms with Crippen molar-refractivity contribution in [1.82, 2.24) is 0 Å². The third-order valence-electron chi connectivity index (χ3n) is 6.93. The summed E-state index contributed by atoms with van der Waals surface area (Å²) in [4.78, 5) is 22.5. The minimum absolute atomic E-state index is 0.655. The Kier molecular flexibility index (Phi) is 6.75. The summed E-state index contributed by atoms with van der Waals surface area (Å²) in [5.41, 5.74) is 7.18. The Morgan fingerprint density at radius 2 is 0.850 bits per heavy atom. The molecule has 6 aromatic carbocycles. The minimum atomic E-state index is 0.655. The Hall–Kier alpha value is -5.70. The maximum Gasteiger partial charge on any atom is 0.150 e. The quantitative estimate of drug-likeness (QED) is 0.176. The van der Waals surface area contributed by atoms with Gasteiger partial charge in [0.15, 0.2) is 0 Å². The maximum absolute atomic E-state index is 11.2. The molecule has 0 heterocycles. The van der Waals surface area contributed by atoms with Crippen molar-refractivity contribution in [2.75, 3.05) is 0 Å². The molecule has 0 aromatic heterocycles. The fourth-order valence-corrected chi connectivity index (χ4v) is 4.90. The van der Waals surface area contributed by atoms with Crippen molar-refractivity contribution >= 4 is 34.1 Å². The van der Waals surface area contributed by atoms with Crippen LogP contribution in [0.15, 0.2) is 121 Å². The number of carbonyl (C=O) groups is 2. The van der Waals surface area contributed by atoms with Crippen LogP contribution >= 0.6 is 0 Å². The average Bonchev–Trinajstić information content (AvgIpc) is 3.02. The molecule has 0 atom stereocenters. The zero-order valence-electron chi connectivity index (χ0n) is 21.5. The van der Waals surface area contributed by atoms with E-state index in [2.05, 4.69) is 60.1 Å². The molecule has 0 aliphatic heterocycles. The van der Waals surface area contributed by atoms with Crippen LogP contribution in [0.25, 0.3) is 43.8 Å². The Balaban J connectivity index is 1.33. The van der Waals surface area contributed by atoms with E-state index in [4.69, 9.17) is 0 Å². The van der Waals surface area contributed by atoms with Crippen LogP contribution in [0, 0.1) is 23.7 Å². The highest BCUT2D eigenvalue weighted by Crippen LogP contribution is 2.29. The Bertz CT molecular complexity index is 1910. The molecule has 0 fully saturated rings. The Labute approximate surface area is 232 Å². The van der Waals surface area contributed by atoms with E-state index in [1.807, 2.05) is 84.9 Å². The molecule has 0 spiro atoms. The topological polar surface area (TPSA) is 34.1 Å². The van der Waals surface area contributed by atoms with Crippen molar-refractivity contribution in [3.05, 3.63) is 144 Å². The van der Waals surface area contributed by atoms with E-state index < -0.39 is 0 Å². The highest BCUT2D eigenvalue weighted by molar-refractivity contribution is 5.93. The second-order valence-corrected chi connectivity index (χ2v) is 9.47. The maximum atomic E-state index is 11.2. The molecule has 40 heavy (non-hydrogen) atoms.